The van der Waals surface area contributed by atoms with Crippen LogP contribution in [0.2, 0.25) is 0 Å². The Morgan fingerprint density at radius 2 is 1.07 bits per heavy atom. The van der Waals surface area contributed by atoms with Gasteiger partial charge in [0.1, 0.15) is 11.5 Å². The summed E-state index contributed by atoms with van der Waals surface area (Å²) < 4.78 is 6.91. The zero-order valence-corrected chi connectivity index (χ0v) is 24.4. The average molecular weight is 555 g/mol. The topological polar surface area (TPSA) is 9.23 Å². The quantitative estimate of drug-likeness (QED) is 0.0980. The molecule has 2 unspecified atom stereocenters. The second-order valence-corrected chi connectivity index (χ2v) is 13.8. The van der Waals surface area contributed by atoms with E-state index in [1.165, 1.54) is 21.2 Å². The molecule has 3 heteroatoms. The van der Waals surface area contributed by atoms with Crippen LogP contribution in [-0.4, -0.2) is 5.66 Å². The number of ether oxygens (including phenoxy) is 1. The maximum Gasteiger partial charge on any atom is 0.135 e. The Kier molecular flexibility index (Phi) is 9.61. The minimum atomic E-state index is -0.863. The number of hydrogen-bond acceptors (Lipinski definition) is 1. The van der Waals surface area contributed by atoms with Gasteiger partial charge in [0, 0.05) is 10.6 Å². The zero-order valence-electron chi connectivity index (χ0n) is 22.6. The van der Waals surface area contributed by atoms with E-state index in [4.69, 9.17) is 11.2 Å². The van der Waals surface area contributed by atoms with Gasteiger partial charge in [0.05, 0.1) is 5.66 Å². The normalized spacial score (nSPS) is 12.6. The van der Waals surface area contributed by atoms with Gasteiger partial charge in [-0.1, -0.05) is 145 Å². The van der Waals surface area contributed by atoms with E-state index < -0.39 is 15.8 Å². The Bertz CT molecular complexity index is 1530. The van der Waals surface area contributed by atoms with Crippen molar-refractivity contribution in [3.8, 4) is 23.8 Å². The van der Waals surface area contributed by atoms with Crippen molar-refractivity contribution in [1.82, 2.24) is 0 Å². The number of terminal acetylenes is 1. The van der Waals surface area contributed by atoms with E-state index in [0.29, 0.717) is 0 Å². The van der Waals surface area contributed by atoms with Crippen molar-refractivity contribution in [2.24, 2.45) is 0 Å². The second-order valence-electron chi connectivity index (χ2n) is 9.24. The molecule has 0 heterocycles. The second kappa shape index (κ2) is 13.9. The van der Waals surface area contributed by atoms with E-state index in [2.05, 4.69) is 152 Å². The van der Waals surface area contributed by atoms with Crippen LogP contribution in [0.1, 0.15) is 13.3 Å². The highest BCUT2D eigenvalue weighted by Gasteiger charge is 2.27. The predicted molar refractivity (Wildman–Crippen MR) is 176 cm³/mol. The third-order valence-electron chi connectivity index (χ3n) is 6.61. The van der Waals surface area contributed by atoms with Crippen LogP contribution in [0.15, 0.2) is 152 Å². The van der Waals surface area contributed by atoms with Crippen molar-refractivity contribution in [3.63, 3.8) is 0 Å². The van der Waals surface area contributed by atoms with Crippen molar-refractivity contribution in [3.05, 3.63) is 152 Å². The zero-order chi connectivity index (χ0) is 27.6. The summed E-state index contributed by atoms with van der Waals surface area (Å²) in [5, 5.41) is 6.19. The molecule has 40 heavy (non-hydrogen) atoms. The van der Waals surface area contributed by atoms with Gasteiger partial charge in [0.2, 0.25) is 0 Å². The van der Waals surface area contributed by atoms with Gasteiger partial charge in [0.25, 0.3) is 0 Å². The van der Waals surface area contributed by atoms with Crippen molar-refractivity contribution in [2.75, 3.05) is 0 Å². The van der Waals surface area contributed by atoms with Gasteiger partial charge in [-0.05, 0) is 57.2 Å². The molecule has 0 bridgehead atoms. The highest BCUT2D eigenvalue weighted by molar-refractivity contribution is 7.80. The summed E-state index contributed by atoms with van der Waals surface area (Å²) in [5.74, 6) is 4.86. The molecule has 0 saturated heterocycles. The maximum absolute atomic E-state index is 6.91. The Morgan fingerprint density at radius 3 is 1.60 bits per heavy atom. The van der Waals surface area contributed by atoms with Crippen molar-refractivity contribution in [2.45, 2.75) is 19.0 Å². The lowest BCUT2D eigenvalue weighted by Crippen LogP contribution is -2.23. The highest BCUT2D eigenvalue weighted by atomic mass is 31.1. The highest BCUT2D eigenvalue weighted by Crippen LogP contribution is 2.45. The number of rotatable bonds is 10. The fourth-order valence-corrected chi connectivity index (χ4v) is 9.68. The van der Waals surface area contributed by atoms with E-state index in [1.54, 1.807) is 0 Å². The van der Waals surface area contributed by atoms with Gasteiger partial charge in [-0.15, -0.1) is 6.42 Å². The molecule has 2 atom stereocenters. The largest absolute Gasteiger partial charge is 0.456 e. The van der Waals surface area contributed by atoms with Crippen LogP contribution in [0.25, 0.3) is 0 Å². The molecule has 0 fully saturated rings. The fourth-order valence-electron chi connectivity index (χ4n) is 4.76. The van der Waals surface area contributed by atoms with Gasteiger partial charge >= 0.3 is 0 Å². The van der Waals surface area contributed by atoms with E-state index >= 15 is 0 Å². The SMILES string of the molecule is C#CC(C/C=C\C)P(c1ccccc1)c1ccccc1Oc1ccccc1P(c1ccccc1)c1ccccc1. The molecule has 5 aromatic rings. The fraction of sp³-hybridized carbons (Fsp3) is 0.0811. The van der Waals surface area contributed by atoms with Crippen LogP contribution < -0.4 is 31.3 Å². The van der Waals surface area contributed by atoms with Crippen LogP contribution in [0.4, 0.5) is 0 Å². The molecule has 1 nitrogen and oxygen atoms in total. The summed E-state index contributed by atoms with van der Waals surface area (Å²) in [7, 11) is -1.68. The molecule has 0 saturated carbocycles. The summed E-state index contributed by atoms with van der Waals surface area (Å²) in [6.45, 7) is 2.05. The van der Waals surface area contributed by atoms with E-state index in [-0.39, 0.29) is 5.66 Å². The average Bonchev–Trinajstić information content (AvgIpc) is 3.02. The first-order chi connectivity index (χ1) is 19.8. The summed E-state index contributed by atoms with van der Waals surface area (Å²) in [5.41, 5.74) is 0.0550. The Morgan fingerprint density at radius 1 is 0.625 bits per heavy atom. The Balaban J connectivity index is 1.61. The first-order valence-corrected chi connectivity index (χ1v) is 16.2. The van der Waals surface area contributed by atoms with Crippen LogP contribution in [0, 0.1) is 12.3 Å². The Labute approximate surface area is 241 Å². The van der Waals surface area contributed by atoms with Crippen molar-refractivity contribution < 1.29 is 4.74 Å². The molecule has 0 amide bonds. The summed E-state index contributed by atoms with van der Waals surface area (Å²) in [6, 6.07) is 49.0. The lowest BCUT2D eigenvalue weighted by molar-refractivity contribution is 0.490. The first-order valence-electron chi connectivity index (χ1n) is 13.5. The Hall–Kier alpha value is -3.94. The van der Waals surface area contributed by atoms with Gasteiger partial charge in [-0.25, -0.2) is 0 Å². The number of allylic oxidation sites excluding steroid dienone is 2. The number of benzene rings is 5. The molecule has 0 aliphatic heterocycles. The molecule has 0 aromatic heterocycles. The van der Waals surface area contributed by atoms with E-state index in [1.807, 2.05) is 13.0 Å². The monoisotopic (exact) mass is 554 g/mol. The van der Waals surface area contributed by atoms with Gasteiger partial charge < -0.3 is 4.74 Å². The molecule has 0 aliphatic carbocycles. The molecule has 0 radical (unpaired) electrons. The van der Waals surface area contributed by atoms with Gasteiger partial charge in [-0.3, -0.25) is 0 Å². The number of hydrogen-bond donors (Lipinski definition) is 0. The number of para-hydroxylation sites is 2. The van der Waals surface area contributed by atoms with Crippen LogP contribution in [0.3, 0.4) is 0 Å². The lowest BCUT2D eigenvalue weighted by atomic mass is 10.3. The molecular formula is C37H32OP2. The summed E-state index contributed by atoms with van der Waals surface area (Å²) in [6.07, 6.45) is 11.3. The molecule has 0 spiro atoms. The van der Waals surface area contributed by atoms with Crippen molar-refractivity contribution >= 4 is 42.4 Å². The van der Waals surface area contributed by atoms with Crippen molar-refractivity contribution in [1.29, 1.82) is 0 Å². The van der Waals surface area contributed by atoms with Crippen LogP contribution >= 0.6 is 15.8 Å². The molecular weight excluding hydrogens is 522 g/mol. The molecule has 0 N–H and O–H groups in total. The smallest absolute Gasteiger partial charge is 0.135 e. The summed E-state index contributed by atoms with van der Waals surface area (Å²) >= 11 is 0. The first kappa shape index (κ1) is 27.6. The minimum absolute atomic E-state index is 0.0550. The predicted octanol–water partition coefficient (Wildman–Crippen LogP) is 7.64. The molecule has 196 valence electrons. The maximum atomic E-state index is 6.91. The van der Waals surface area contributed by atoms with E-state index in [9.17, 15) is 0 Å². The van der Waals surface area contributed by atoms with Gasteiger partial charge in [-0.2, -0.15) is 0 Å². The molecule has 5 aromatic carbocycles. The standard InChI is InChI=1S/C37H32OP2/c1-3-5-19-30(4-2)39(31-20-9-6-10-21-31)36-28-17-15-26-34(36)38-35-27-16-18-29-37(35)40(32-22-11-7-12-23-32)33-24-13-8-14-25-33/h2-3,5-18,20-30H,19H2,1H3/b5-3-. The molecule has 0 aliphatic rings. The third kappa shape index (κ3) is 6.43. The van der Waals surface area contributed by atoms with Crippen LogP contribution in [0.5, 0.6) is 11.5 Å². The third-order valence-corrected chi connectivity index (χ3v) is 11.8. The van der Waals surface area contributed by atoms with Crippen LogP contribution in [-0.2, 0) is 0 Å². The minimum Gasteiger partial charge on any atom is -0.456 e. The van der Waals surface area contributed by atoms with Gasteiger partial charge in [0.15, 0.2) is 0 Å². The van der Waals surface area contributed by atoms with E-state index in [0.717, 1.165) is 23.2 Å². The lowest BCUT2D eigenvalue weighted by Gasteiger charge is -2.27. The molecule has 5 rings (SSSR count). The summed E-state index contributed by atoms with van der Waals surface area (Å²) in [4.78, 5) is 0.